The summed E-state index contributed by atoms with van der Waals surface area (Å²) in [6, 6.07) is 7.75. The zero-order valence-corrected chi connectivity index (χ0v) is 16.0. The summed E-state index contributed by atoms with van der Waals surface area (Å²) >= 11 is 3.42. The number of amides is 1. The molecule has 1 unspecified atom stereocenters. The highest BCUT2D eigenvalue weighted by atomic mass is 79.9. The Balaban J connectivity index is 1.59. The van der Waals surface area contributed by atoms with E-state index in [2.05, 4.69) is 31.3 Å². The first-order chi connectivity index (χ1) is 12.6. The molecular formula is C18H19BrN6O. The zero-order chi connectivity index (χ0) is 18.1. The van der Waals surface area contributed by atoms with E-state index in [1.165, 1.54) is 0 Å². The van der Waals surface area contributed by atoms with E-state index in [1.54, 1.807) is 15.6 Å². The Morgan fingerprint density at radius 1 is 1.19 bits per heavy atom. The number of aryl methyl sites for hydroxylation is 1. The van der Waals surface area contributed by atoms with Gasteiger partial charge in [0.15, 0.2) is 5.69 Å². The van der Waals surface area contributed by atoms with Crippen molar-refractivity contribution in [1.29, 1.82) is 0 Å². The Bertz CT molecular complexity index is 916. The lowest BCUT2D eigenvalue weighted by molar-refractivity contribution is 0.0605. The van der Waals surface area contributed by atoms with Crippen LogP contribution < -0.4 is 0 Å². The molecule has 1 aliphatic heterocycles. The minimum atomic E-state index is -0.0816. The van der Waals surface area contributed by atoms with E-state index in [4.69, 9.17) is 0 Å². The first kappa shape index (κ1) is 17.0. The number of hydrogen-bond acceptors (Lipinski definition) is 4. The van der Waals surface area contributed by atoms with Gasteiger partial charge in [0.05, 0.1) is 24.1 Å². The highest BCUT2D eigenvalue weighted by Gasteiger charge is 2.31. The van der Waals surface area contributed by atoms with Gasteiger partial charge in [-0.1, -0.05) is 21.1 Å². The second-order valence-electron chi connectivity index (χ2n) is 6.48. The lowest BCUT2D eigenvalue weighted by atomic mass is 9.97. The molecule has 26 heavy (non-hydrogen) atoms. The van der Waals surface area contributed by atoms with Gasteiger partial charge in [0.1, 0.15) is 0 Å². The van der Waals surface area contributed by atoms with Crippen molar-refractivity contribution < 1.29 is 4.79 Å². The van der Waals surface area contributed by atoms with Gasteiger partial charge in [0, 0.05) is 29.8 Å². The van der Waals surface area contributed by atoms with E-state index in [-0.39, 0.29) is 11.9 Å². The third-order valence-corrected chi connectivity index (χ3v) is 5.21. The molecule has 1 saturated heterocycles. The molecule has 3 aromatic rings. The fraction of sp³-hybridized carbons (Fsp3) is 0.333. The molecule has 1 aromatic carbocycles. The van der Waals surface area contributed by atoms with E-state index >= 15 is 0 Å². The SMILES string of the molecule is Cn1cc(C2CCCCN2C(=O)c2cn(-c3ccc(Br)cc3)nn2)cn1. The molecule has 134 valence electrons. The van der Waals surface area contributed by atoms with Crippen molar-refractivity contribution in [2.45, 2.75) is 25.3 Å². The van der Waals surface area contributed by atoms with Crippen LogP contribution in [0.1, 0.15) is 41.4 Å². The summed E-state index contributed by atoms with van der Waals surface area (Å²) in [4.78, 5) is 15.0. The lowest BCUT2D eigenvalue weighted by Gasteiger charge is -2.34. The topological polar surface area (TPSA) is 68.8 Å². The summed E-state index contributed by atoms with van der Waals surface area (Å²) in [7, 11) is 1.89. The van der Waals surface area contributed by atoms with Gasteiger partial charge in [0.2, 0.25) is 0 Å². The molecular weight excluding hydrogens is 396 g/mol. The zero-order valence-electron chi connectivity index (χ0n) is 14.4. The number of likely N-dealkylation sites (tertiary alicyclic amines) is 1. The average molecular weight is 415 g/mol. The first-order valence-corrected chi connectivity index (χ1v) is 9.39. The van der Waals surface area contributed by atoms with Gasteiger partial charge < -0.3 is 4.90 Å². The van der Waals surface area contributed by atoms with Gasteiger partial charge in [-0.15, -0.1) is 5.10 Å². The fourth-order valence-electron chi connectivity index (χ4n) is 3.36. The van der Waals surface area contributed by atoms with Crippen molar-refractivity contribution >= 4 is 21.8 Å². The van der Waals surface area contributed by atoms with E-state index in [0.717, 1.165) is 41.5 Å². The predicted octanol–water partition coefficient (Wildman–Crippen LogP) is 3.13. The van der Waals surface area contributed by atoms with Crippen molar-refractivity contribution in [3.05, 3.63) is 58.6 Å². The molecule has 0 aliphatic carbocycles. The molecule has 0 radical (unpaired) electrons. The van der Waals surface area contributed by atoms with Crippen molar-refractivity contribution in [1.82, 2.24) is 29.7 Å². The molecule has 2 aromatic heterocycles. The maximum atomic E-state index is 13.1. The summed E-state index contributed by atoms with van der Waals surface area (Å²) in [5.74, 6) is -0.0816. The Kier molecular flexibility index (Phi) is 4.58. The number of rotatable bonds is 3. The molecule has 1 fully saturated rings. The second kappa shape index (κ2) is 7.03. The van der Waals surface area contributed by atoms with Crippen LogP contribution in [-0.2, 0) is 7.05 Å². The molecule has 7 nitrogen and oxygen atoms in total. The summed E-state index contributed by atoms with van der Waals surface area (Å²) in [6.45, 7) is 0.726. The third-order valence-electron chi connectivity index (χ3n) is 4.68. The van der Waals surface area contributed by atoms with Crippen LogP contribution in [0.4, 0.5) is 0 Å². The molecule has 0 saturated carbocycles. The quantitative estimate of drug-likeness (QED) is 0.659. The second-order valence-corrected chi connectivity index (χ2v) is 7.40. The maximum Gasteiger partial charge on any atom is 0.276 e. The largest absolute Gasteiger partial charge is 0.330 e. The van der Waals surface area contributed by atoms with Gasteiger partial charge in [0.25, 0.3) is 5.91 Å². The predicted molar refractivity (Wildman–Crippen MR) is 99.9 cm³/mol. The summed E-state index contributed by atoms with van der Waals surface area (Å²) in [5, 5.41) is 12.5. The standard InChI is InChI=1S/C18H19BrN6O/c1-23-11-13(10-20-23)17-4-2-3-9-24(17)18(26)16-12-25(22-21-16)15-7-5-14(19)6-8-15/h5-8,10-12,17H,2-4,9H2,1H3. The maximum absolute atomic E-state index is 13.1. The van der Waals surface area contributed by atoms with E-state index in [0.29, 0.717) is 5.69 Å². The van der Waals surface area contributed by atoms with Crippen molar-refractivity contribution in [2.75, 3.05) is 6.54 Å². The van der Waals surface area contributed by atoms with Gasteiger partial charge >= 0.3 is 0 Å². The third kappa shape index (κ3) is 3.29. The minimum Gasteiger partial charge on any atom is -0.330 e. The number of piperidine rings is 1. The summed E-state index contributed by atoms with van der Waals surface area (Å²) < 4.78 is 4.39. The van der Waals surface area contributed by atoms with Crippen LogP contribution >= 0.6 is 15.9 Å². The molecule has 8 heteroatoms. The number of hydrogen-bond donors (Lipinski definition) is 0. The summed E-state index contributed by atoms with van der Waals surface area (Å²) in [5.41, 5.74) is 2.30. The monoisotopic (exact) mass is 414 g/mol. The van der Waals surface area contributed by atoms with E-state index < -0.39 is 0 Å². The smallest absolute Gasteiger partial charge is 0.276 e. The van der Waals surface area contributed by atoms with Gasteiger partial charge in [-0.05, 0) is 43.5 Å². The Morgan fingerprint density at radius 2 is 2.00 bits per heavy atom. The van der Waals surface area contributed by atoms with Crippen LogP contribution in [0.3, 0.4) is 0 Å². The van der Waals surface area contributed by atoms with Crippen molar-refractivity contribution in [2.24, 2.45) is 7.05 Å². The number of nitrogens with zero attached hydrogens (tertiary/aromatic N) is 6. The minimum absolute atomic E-state index is 0.0442. The van der Waals surface area contributed by atoms with E-state index in [9.17, 15) is 4.79 Å². The normalized spacial score (nSPS) is 17.5. The Labute approximate surface area is 159 Å². The van der Waals surface area contributed by atoms with Crippen LogP contribution in [0, 0.1) is 0 Å². The molecule has 4 rings (SSSR count). The van der Waals surface area contributed by atoms with Crippen LogP contribution in [0.2, 0.25) is 0 Å². The summed E-state index contributed by atoms with van der Waals surface area (Å²) in [6.07, 6.45) is 8.57. The first-order valence-electron chi connectivity index (χ1n) is 8.59. The lowest BCUT2D eigenvalue weighted by Crippen LogP contribution is -2.38. The molecule has 1 amide bonds. The molecule has 0 N–H and O–H groups in total. The van der Waals surface area contributed by atoms with Crippen LogP contribution in [0.15, 0.2) is 47.3 Å². The molecule has 0 spiro atoms. The molecule has 1 atom stereocenters. The molecule has 3 heterocycles. The van der Waals surface area contributed by atoms with Gasteiger partial charge in [-0.25, -0.2) is 4.68 Å². The van der Waals surface area contributed by atoms with Crippen molar-refractivity contribution in [3.63, 3.8) is 0 Å². The van der Waals surface area contributed by atoms with Crippen LogP contribution in [0.5, 0.6) is 0 Å². The number of carbonyl (C=O) groups excluding carboxylic acids is 1. The highest BCUT2D eigenvalue weighted by molar-refractivity contribution is 9.10. The highest BCUT2D eigenvalue weighted by Crippen LogP contribution is 2.31. The Morgan fingerprint density at radius 3 is 2.73 bits per heavy atom. The fourth-order valence-corrected chi connectivity index (χ4v) is 3.63. The average Bonchev–Trinajstić information content (AvgIpc) is 3.31. The molecule has 1 aliphatic rings. The van der Waals surface area contributed by atoms with Crippen LogP contribution in [0.25, 0.3) is 5.69 Å². The van der Waals surface area contributed by atoms with Crippen molar-refractivity contribution in [3.8, 4) is 5.69 Å². The Hall–Kier alpha value is -2.48. The number of benzene rings is 1. The number of aromatic nitrogens is 5. The number of carbonyl (C=O) groups is 1. The molecule has 0 bridgehead atoms. The van der Waals surface area contributed by atoms with Gasteiger partial charge in [-0.2, -0.15) is 5.10 Å². The van der Waals surface area contributed by atoms with E-state index in [1.807, 2.05) is 48.6 Å². The number of halogens is 1. The van der Waals surface area contributed by atoms with Crippen LogP contribution in [-0.4, -0.2) is 42.1 Å². The van der Waals surface area contributed by atoms with Gasteiger partial charge in [-0.3, -0.25) is 9.48 Å².